The highest BCUT2D eigenvalue weighted by atomic mass is 35.5. The third-order valence-corrected chi connectivity index (χ3v) is 10.5. The molecule has 296 valence electrons. The molecule has 0 aromatic heterocycles. The molecule has 2 rings (SSSR count). The van der Waals surface area contributed by atoms with Crippen molar-refractivity contribution in [1.29, 1.82) is 0 Å². The van der Waals surface area contributed by atoms with Gasteiger partial charge in [-0.2, -0.15) is 13.5 Å². The monoisotopic (exact) mass is 766 g/mol. The van der Waals surface area contributed by atoms with Gasteiger partial charge in [0, 0.05) is 16.6 Å². The summed E-state index contributed by atoms with van der Waals surface area (Å²) >= 11 is 10.9. The molecule has 0 aliphatic carbocycles. The number of aliphatic hydroxyl groups excluding tert-OH is 1. The van der Waals surface area contributed by atoms with Crippen LogP contribution in [0.5, 0.6) is 0 Å². The van der Waals surface area contributed by atoms with Crippen LogP contribution in [0, 0.1) is 18.8 Å². The minimum atomic E-state index is -0.433. The van der Waals surface area contributed by atoms with Crippen molar-refractivity contribution in [2.45, 2.75) is 185 Å². The van der Waals surface area contributed by atoms with E-state index in [0.29, 0.717) is 17.4 Å². The van der Waals surface area contributed by atoms with E-state index in [9.17, 15) is 9.90 Å². The van der Waals surface area contributed by atoms with Gasteiger partial charge in [0.05, 0.1) is 6.10 Å². The van der Waals surface area contributed by atoms with Gasteiger partial charge in [-0.1, -0.05) is 163 Å². The molecule has 0 saturated carbocycles. The van der Waals surface area contributed by atoms with E-state index in [4.69, 9.17) is 11.6 Å². The smallest absolute Gasteiger partial charge is 0.263 e. The highest BCUT2D eigenvalue weighted by Crippen LogP contribution is 2.31. The number of hydrogen-bond donors (Lipinski definition) is 2. The van der Waals surface area contributed by atoms with Gasteiger partial charge in [0.1, 0.15) is 0 Å². The maximum atomic E-state index is 13.2. The third-order valence-electron chi connectivity index (χ3n) is 9.66. The minimum absolute atomic E-state index is 0. The van der Waals surface area contributed by atoms with Gasteiger partial charge in [0.15, 0.2) is 0 Å². The quantitative estimate of drug-likeness (QED) is 0.0849. The lowest BCUT2D eigenvalue weighted by Crippen LogP contribution is -2.30. The molecule has 0 bridgehead atoms. The molecule has 0 radical (unpaired) electrons. The Morgan fingerprint density at radius 1 is 0.843 bits per heavy atom. The second-order valence-corrected chi connectivity index (χ2v) is 14.2. The fourth-order valence-corrected chi connectivity index (χ4v) is 6.31. The molecule has 5 unspecified atom stereocenters. The van der Waals surface area contributed by atoms with Crippen LogP contribution < -0.4 is 0 Å². The fraction of sp³-hybridized carbons (Fsp3) is 0.667. The van der Waals surface area contributed by atoms with Gasteiger partial charge in [-0.25, -0.2) is 0 Å². The molecule has 2 aromatic carbocycles. The Morgan fingerprint density at radius 3 is 1.96 bits per heavy atom. The zero-order chi connectivity index (χ0) is 38.6. The van der Waals surface area contributed by atoms with E-state index in [1.807, 2.05) is 65.0 Å². The topological polar surface area (TPSA) is 40.5 Å². The first-order valence-electron chi connectivity index (χ1n) is 20.2. The van der Waals surface area contributed by atoms with Crippen LogP contribution >= 0.6 is 37.9 Å². The predicted octanol–water partition coefficient (Wildman–Crippen LogP) is 14.5. The molecule has 1 amide bonds. The normalized spacial score (nSPS) is 13.5. The number of amides is 1. The zero-order valence-corrected chi connectivity index (χ0v) is 37.8. The highest BCUT2D eigenvalue weighted by Gasteiger charge is 2.20. The molecule has 0 spiro atoms. The van der Waals surface area contributed by atoms with Gasteiger partial charge < -0.3 is 5.11 Å². The van der Waals surface area contributed by atoms with Crippen molar-refractivity contribution in [2.24, 2.45) is 11.8 Å². The number of rotatable bonds is 19. The number of nitrogens with zero attached hydrogens (tertiary/aromatic N) is 1. The van der Waals surface area contributed by atoms with Crippen molar-refractivity contribution >= 4 is 43.8 Å². The van der Waals surface area contributed by atoms with Crippen LogP contribution in [0.4, 0.5) is 0 Å². The summed E-state index contributed by atoms with van der Waals surface area (Å²) < 4.78 is 1.55. The Kier molecular flexibility index (Phi) is 35.1. The van der Waals surface area contributed by atoms with Gasteiger partial charge in [-0.15, -0.1) is 0 Å². The first-order valence-corrected chi connectivity index (χ1v) is 21.0. The Bertz CT molecular complexity index is 1170. The van der Waals surface area contributed by atoms with Crippen LogP contribution in [-0.2, 0) is 12.8 Å². The second-order valence-electron chi connectivity index (χ2n) is 13.3. The number of thiol groups is 1. The van der Waals surface area contributed by atoms with Gasteiger partial charge in [-0.3, -0.25) is 9.10 Å². The summed E-state index contributed by atoms with van der Waals surface area (Å²) in [6.45, 7) is 27.5. The molecule has 2 aromatic rings. The lowest BCUT2D eigenvalue weighted by Gasteiger charge is -2.24. The predicted molar refractivity (Wildman–Crippen MR) is 238 cm³/mol. The molecule has 0 aliphatic rings. The zero-order valence-electron chi connectivity index (χ0n) is 35.1. The van der Waals surface area contributed by atoms with Crippen LogP contribution in [-0.4, -0.2) is 27.5 Å². The van der Waals surface area contributed by atoms with Gasteiger partial charge >= 0.3 is 0 Å². The number of unbranched alkanes of at least 4 members (excludes halogenated alkanes) is 3. The Labute approximate surface area is 334 Å². The van der Waals surface area contributed by atoms with Crippen molar-refractivity contribution in [3.05, 3.63) is 81.4 Å². The first kappa shape index (κ1) is 53.9. The van der Waals surface area contributed by atoms with Crippen molar-refractivity contribution in [2.75, 3.05) is 0 Å². The molecule has 0 aliphatic heterocycles. The van der Waals surface area contributed by atoms with Crippen molar-refractivity contribution in [1.82, 2.24) is 4.31 Å². The van der Waals surface area contributed by atoms with E-state index >= 15 is 0 Å². The van der Waals surface area contributed by atoms with E-state index in [1.54, 1.807) is 4.31 Å². The summed E-state index contributed by atoms with van der Waals surface area (Å²) in [5.74, 6) is 1.13. The van der Waals surface area contributed by atoms with Crippen molar-refractivity contribution in [3.63, 3.8) is 0 Å². The first-order chi connectivity index (χ1) is 23.9. The molecule has 3 nitrogen and oxygen atoms in total. The number of halogens is 1. The second kappa shape index (κ2) is 33.2. The van der Waals surface area contributed by atoms with Crippen LogP contribution in [0.2, 0.25) is 5.02 Å². The van der Waals surface area contributed by atoms with E-state index in [1.165, 1.54) is 42.4 Å². The van der Waals surface area contributed by atoms with Crippen LogP contribution in [0.3, 0.4) is 0 Å². The summed E-state index contributed by atoms with van der Waals surface area (Å²) in [5.41, 5.74) is 5.90. The number of carbonyl (C=O) groups excluding carboxylic acids is 1. The van der Waals surface area contributed by atoms with Crippen LogP contribution in [0.25, 0.3) is 0 Å². The van der Waals surface area contributed by atoms with Crippen molar-refractivity contribution < 1.29 is 9.90 Å². The molecule has 51 heavy (non-hydrogen) atoms. The Balaban J connectivity index is -0.00000186. The minimum Gasteiger partial charge on any atom is -0.389 e. The summed E-state index contributed by atoms with van der Waals surface area (Å²) in [4.78, 5) is 13.2. The van der Waals surface area contributed by atoms with Gasteiger partial charge in [-0.05, 0) is 117 Å². The highest BCUT2D eigenvalue weighted by molar-refractivity contribution is 7.78. The summed E-state index contributed by atoms with van der Waals surface area (Å²) in [7, 11) is 0. The SMILES string of the molecule is CC.CC.CCCCCC.CCCc1cc(Cl)ccc1C(CC)CCc1ccc(C(=O)N(S)C(C)CC/C=C/C(O)C(C)C(C)CC)cc1C.S. The average Bonchev–Trinajstić information content (AvgIpc) is 3.14. The van der Waals surface area contributed by atoms with Crippen LogP contribution in [0.15, 0.2) is 48.6 Å². The van der Waals surface area contributed by atoms with E-state index in [-0.39, 0.29) is 31.4 Å². The molecule has 0 fully saturated rings. The maximum absolute atomic E-state index is 13.2. The molecular formula is C45H80ClNO2S2. The lowest BCUT2D eigenvalue weighted by molar-refractivity contribution is 0.0840. The number of aryl methyl sites for hydroxylation is 3. The summed E-state index contributed by atoms with van der Waals surface area (Å²) in [5, 5.41) is 11.2. The molecule has 0 saturated heterocycles. The summed E-state index contributed by atoms with van der Waals surface area (Å²) in [6.07, 6.45) is 17.0. The van der Waals surface area contributed by atoms with E-state index in [0.717, 1.165) is 62.0 Å². The number of hydrogen-bond acceptors (Lipinski definition) is 3. The standard InChI is InChI=1S/C35H52ClNO2S.C6H14.2C2H6.H2S/c1-8-13-30-23-32(36)20-21-33(30)28(10-3)16-17-29-18-19-31(22-25(29)5)35(39)37(40)26(6)14-11-12-15-34(38)27(7)24(4)9-2;1-3-5-6-4-2;2*1-2;/h12,15,18-24,26-28,34,38,40H,8-11,13-14,16-17H2,1-7H3;3-6H2,1-2H3;2*1-2H3;1H2/b15-12+;;;;. The lowest BCUT2D eigenvalue weighted by atomic mass is 9.85. The molecule has 0 heterocycles. The summed E-state index contributed by atoms with van der Waals surface area (Å²) in [6, 6.07) is 12.4. The largest absolute Gasteiger partial charge is 0.389 e. The average molecular weight is 767 g/mol. The van der Waals surface area contributed by atoms with E-state index < -0.39 is 6.10 Å². The fourth-order valence-electron chi connectivity index (χ4n) is 5.89. The molecule has 6 heteroatoms. The molecule has 5 atom stereocenters. The third kappa shape index (κ3) is 21.2. The van der Waals surface area contributed by atoms with Crippen LogP contribution in [0.1, 0.15) is 186 Å². The number of allylic oxidation sites excluding steroid dienone is 1. The molecule has 1 N–H and O–H groups in total. The number of aliphatic hydroxyl groups is 1. The molecular weight excluding hydrogens is 686 g/mol. The van der Waals surface area contributed by atoms with Gasteiger partial charge in [0.25, 0.3) is 5.91 Å². The Morgan fingerprint density at radius 2 is 1.45 bits per heavy atom. The Hall–Kier alpha value is -1.40. The maximum Gasteiger partial charge on any atom is 0.263 e. The van der Waals surface area contributed by atoms with E-state index in [2.05, 4.69) is 86.4 Å². The number of carbonyl (C=O) groups is 1. The van der Waals surface area contributed by atoms with Gasteiger partial charge in [0.2, 0.25) is 0 Å². The number of benzene rings is 2. The van der Waals surface area contributed by atoms with Crippen molar-refractivity contribution in [3.8, 4) is 0 Å².